The van der Waals surface area contributed by atoms with Crippen molar-refractivity contribution in [3.05, 3.63) is 21.9 Å². The number of primary amides is 1. The highest BCUT2D eigenvalue weighted by Gasteiger charge is 2.04. The SMILES string of the molecule is CNC(=S)c1csc(COC(N)=O)c1. The van der Waals surface area contributed by atoms with Crippen molar-refractivity contribution in [2.45, 2.75) is 6.61 Å². The smallest absolute Gasteiger partial charge is 0.404 e. The number of carbonyl (C=O) groups is 1. The lowest BCUT2D eigenvalue weighted by Gasteiger charge is -1.98. The first-order valence-corrected chi connectivity index (χ1v) is 5.14. The lowest BCUT2D eigenvalue weighted by Crippen LogP contribution is -2.15. The van der Waals surface area contributed by atoms with Gasteiger partial charge >= 0.3 is 6.09 Å². The second-order valence-corrected chi connectivity index (χ2v) is 3.89. The summed E-state index contributed by atoms with van der Waals surface area (Å²) in [5, 5.41) is 4.77. The van der Waals surface area contributed by atoms with Crippen LogP contribution in [0.3, 0.4) is 0 Å². The van der Waals surface area contributed by atoms with E-state index in [0.717, 1.165) is 10.4 Å². The monoisotopic (exact) mass is 230 g/mol. The molecule has 1 rings (SSSR count). The molecule has 0 spiro atoms. The molecule has 6 heteroatoms. The number of hydrogen-bond acceptors (Lipinski definition) is 4. The van der Waals surface area contributed by atoms with Crippen LogP contribution in [0.5, 0.6) is 0 Å². The number of carbonyl (C=O) groups excluding carboxylic acids is 1. The zero-order chi connectivity index (χ0) is 10.6. The Morgan fingerprint density at radius 1 is 1.79 bits per heavy atom. The first-order chi connectivity index (χ1) is 6.63. The second-order valence-electron chi connectivity index (χ2n) is 2.49. The Kier molecular flexibility index (Phi) is 3.84. The molecule has 0 aliphatic rings. The van der Waals surface area contributed by atoms with Crippen LogP contribution < -0.4 is 11.1 Å². The molecule has 14 heavy (non-hydrogen) atoms. The Balaban J connectivity index is 2.59. The quantitative estimate of drug-likeness (QED) is 0.767. The normalized spacial score (nSPS) is 9.50. The molecule has 0 saturated heterocycles. The molecule has 0 unspecified atom stereocenters. The number of thiocarbonyl (C=S) groups is 1. The summed E-state index contributed by atoms with van der Waals surface area (Å²) in [5.74, 6) is 0. The predicted octanol–water partition coefficient (Wildman–Crippen LogP) is 1.24. The molecular weight excluding hydrogens is 220 g/mol. The summed E-state index contributed by atoms with van der Waals surface area (Å²) in [7, 11) is 1.76. The van der Waals surface area contributed by atoms with Gasteiger partial charge in [0, 0.05) is 22.9 Å². The van der Waals surface area contributed by atoms with Crippen molar-refractivity contribution in [1.82, 2.24) is 5.32 Å². The van der Waals surface area contributed by atoms with Crippen molar-refractivity contribution >= 4 is 34.6 Å². The third-order valence-electron chi connectivity index (χ3n) is 1.50. The molecule has 1 aromatic rings. The maximum absolute atomic E-state index is 10.3. The van der Waals surface area contributed by atoms with Crippen molar-refractivity contribution in [2.24, 2.45) is 5.73 Å². The average molecular weight is 230 g/mol. The Bertz CT molecular complexity index is 349. The summed E-state index contributed by atoms with van der Waals surface area (Å²) in [6.07, 6.45) is -0.767. The van der Waals surface area contributed by atoms with Gasteiger partial charge in [-0.25, -0.2) is 4.79 Å². The molecule has 0 bridgehead atoms. The maximum atomic E-state index is 10.3. The minimum absolute atomic E-state index is 0.201. The highest BCUT2D eigenvalue weighted by molar-refractivity contribution is 7.80. The summed E-state index contributed by atoms with van der Waals surface area (Å²) in [6.45, 7) is 0.201. The van der Waals surface area contributed by atoms with E-state index in [-0.39, 0.29) is 6.61 Å². The van der Waals surface area contributed by atoms with E-state index in [4.69, 9.17) is 18.0 Å². The van der Waals surface area contributed by atoms with Crippen LogP contribution in [0.2, 0.25) is 0 Å². The van der Waals surface area contributed by atoms with E-state index < -0.39 is 6.09 Å². The van der Waals surface area contributed by atoms with Gasteiger partial charge in [-0.2, -0.15) is 0 Å². The summed E-state index contributed by atoms with van der Waals surface area (Å²) in [6, 6.07) is 1.87. The molecule has 3 N–H and O–H groups in total. The first-order valence-electron chi connectivity index (χ1n) is 3.85. The first kappa shape index (κ1) is 10.9. The van der Waals surface area contributed by atoms with Gasteiger partial charge in [-0.3, -0.25) is 0 Å². The number of hydrogen-bond donors (Lipinski definition) is 2. The number of ether oxygens (including phenoxy) is 1. The van der Waals surface area contributed by atoms with Crippen molar-refractivity contribution in [3.8, 4) is 0 Å². The molecule has 1 amide bonds. The van der Waals surface area contributed by atoms with Gasteiger partial charge in [0.05, 0.1) is 0 Å². The lowest BCUT2D eigenvalue weighted by atomic mass is 10.3. The van der Waals surface area contributed by atoms with Crippen LogP contribution in [0.4, 0.5) is 4.79 Å². The zero-order valence-electron chi connectivity index (χ0n) is 7.57. The zero-order valence-corrected chi connectivity index (χ0v) is 9.21. The van der Waals surface area contributed by atoms with E-state index in [1.807, 2.05) is 11.4 Å². The summed E-state index contributed by atoms with van der Waals surface area (Å²) in [4.78, 5) is 11.9. The van der Waals surface area contributed by atoms with Crippen LogP contribution in [-0.2, 0) is 11.3 Å². The molecule has 76 valence electrons. The largest absolute Gasteiger partial charge is 0.444 e. The molecule has 0 fully saturated rings. The van der Waals surface area contributed by atoms with Gasteiger partial charge in [-0.15, -0.1) is 11.3 Å². The van der Waals surface area contributed by atoms with Gasteiger partial charge in [-0.05, 0) is 6.07 Å². The topological polar surface area (TPSA) is 64.3 Å². The maximum Gasteiger partial charge on any atom is 0.404 e. The fourth-order valence-corrected chi connectivity index (χ4v) is 1.84. The molecular formula is C8H10N2O2S2. The molecule has 0 atom stereocenters. The molecule has 1 aromatic heterocycles. The van der Waals surface area contributed by atoms with E-state index in [1.54, 1.807) is 7.05 Å². The highest BCUT2D eigenvalue weighted by atomic mass is 32.1. The summed E-state index contributed by atoms with van der Waals surface area (Å²) >= 11 is 6.51. The van der Waals surface area contributed by atoms with Crippen molar-refractivity contribution in [1.29, 1.82) is 0 Å². The molecule has 0 radical (unpaired) electrons. The second kappa shape index (κ2) is 4.92. The van der Waals surface area contributed by atoms with Gasteiger partial charge in [-0.1, -0.05) is 12.2 Å². The van der Waals surface area contributed by atoms with Crippen LogP contribution in [0.25, 0.3) is 0 Å². The van der Waals surface area contributed by atoms with Crippen LogP contribution in [0.15, 0.2) is 11.4 Å². The molecule has 0 aliphatic carbocycles. The van der Waals surface area contributed by atoms with Crippen LogP contribution >= 0.6 is 23.6 Å². The van der Waals surface area contributed by atoms with Gasteiger partial charge in [0.25, 0.3) is 0 Å². The minimum atomic E-state index is -0.767. The van der Waals surface area contributed by atoms with Crippen LogP contribution in [0.1, 0.15) is 10.4 Å². The average Bonchev–Trinajstić information content (AvgIpc) is 2.62. The molecule has 0 aromatic carbocycles. The summed E-state index contributed by atoms with van der Waals surface area (Å²) < 4.78 is 4.64. The Hall–Kier alpha value is -1.14. The fraction of sp³-hybridized carbons (Fsp3) is 0.250. The number of amides is 1. The number of nitrogens with two attached hydrogens (primary N) is 1. The van der Waals surface area contributed by atoms with E-state index in [0.29, 0.717) is 4.99 Å². The predicted molar refractivity (Wildman–Crippen MR) is 59.5 cm³/mol. The minimum Gasteiger partial charge on any atom is -0.444 e. The lowest BCUT2D eigenvalue weighted by molar-refractivity contribution is 0.151. The van der Waals surface area contributed by atoms with E-state index in [2.05, 4.69) is 10.1 Å². The third kappa shape index (κ3) is 2.97. The molecule has 4 nitrogen and oxygen atoms in total. The van der Waals surface area contributed by atoms with Crippen molar-refractivity contribution in [2.75, 3.05) is 7.05 Å². The Morgan fingerprint density at radius 3 is 3.07 bits per heavy atom. The number of nitrogens with one attached hydrogen (secondary N) is 1. The third-order valence-corrected chi connectivity index (χ3v) is 2.85. The molecule has 0 aliphatic heterocycles. The standard InChI is InChI=1S/C8H10N2O2S2/c1-10-7(13)5-2-6(14-4-5)3-12-8(9)11/h2,4H,3H2,1H3,(H2,9,11)(H,10,13). The fourth-order valence-electron chi connectivity index (χ4n) is 0.862. The van der Waals surface area contributed by atoms with Gasteiger partial charge < -0.3 is 15.8 Å². The van der Waals surface area contributed by atoms with Crippen molar-refractivity contribution in [3.63, 3.8) is 0 Å². The highest BCUT2D eigenvalue weighted by Crippen LogP contribution is 2.15. The molecule has 0 saturated carbocycles. The Morgan fingerprint density at radius 2 is 2.50 bits per heavy atom. The molecule has 1 heterocycles. The summed E-state index contributed by atoms with van der Waals surface area (Å²) in [5.41, 5.74) is 5.76. The van der Waals surface area contributed by atoms with E-state index >= 15 is 0 Å². The van der Waals surface area contributed by atoms with E-state index in [9.17, 15) is 4.79 Å². The van der Waals surface area contributed by atoms with Crippen molar-refractivity contribution < 1.29 is 9.53 Å². The van der Waals surface area contributed by atoms with Crippen LogP contribution in [-0.4, -0.2) is 18.1 Å². The van der Waals surface area contributed by atoms with Gasteiger partial charge in [0.1, 0.15) is 11.6 Å². The van der Waals surface area contributed by atoms with Crippen LogP contribution in [0, 0.1) is 0 Å². The number of rotatable bonds is 3. The number of thiophene rings is 1. The van der Waals surface area contributed by atoms with Gasteiger partial charge in [0.2, 0.25) is 0 Å². The van der Waals surface area contributed by atoms with E-state index in [1.165, 1.54) is 11.3 Å². The Labute approximate surface area is 91.1 Å². The van der Waals surface area contributed by atoms with Gasteiger partial charge in [0.15, 0.2) is 0 Å².